The first-order chi connectivity index (χ1) is 9.27. The molecule has 0 radical (unpaired) electrons. The van der Waals surface area contributed by atoms with E-state index >= 15 is 0 Å². The van der Waals surface area contributed by atoms with E-state index < -0.39 is 0 Å². The maximum Gasteiger partial charge on any atom is 0.243 e. The van der Waals surface area contributed by atoms with Gasteiger partial charge in [-0.1, -0.05) is 20.8 Å². The molecule has 1 heterocycles. The fourth-order valence-corrected chi connectivity index (χ4v) is 4.80. The summed E-state index contributed by atoms with van der Waals surface area (Å²) in [6.45, 7) is 7.03. The Balaban J connectivity index is 1.71. The number of nitrogens with one attached hydrogen (secondary N) is 1. The Morgan fingerprint density at radius 3 is 2.45 bits per heavy atom. The lowest BCUT2D eigenvalue weighted by molar-refractivity contribution is -0.134. The standard InChI is InChI=1S/C16H26N2O2/c1-15(2)10-7-8-16(15,3)12(9-10)17-14(20)11-5-6-13(19)18(11)4/h10-12H,5-9H2,1-4H3,(H,17,20)/t10-,11-,12-,16-/m1/s1. The Morgan fingerprint density at radius 1 is 1.30 bits per heavy atom. The second-order valence-electron chi connectivity index (χ2n) is 7.73. The number of carbonyl (C=O) groups excluding carboxylic acids is 2. The Labute approximate surface area is 121 Å². The molecule has 2 aliphatic carbocycles. The van der Waals surface area contributed by atoms with Crippen LogP contribution < -0.4 is 5.32 Å². The molecule has 4 nitrogen and oxygen atoms in total. The van der Waals surface area contributed by atoms with E-state index in [-0.39, 0.29) is 29.3 Å². The molecule has 3 fully saturated rings. The van der Waals surface area contributed by atoms with E-state index in [1.807, 2.05) is 0 Å². The highest BCUT2D eigenvalue weighted by Gasteiger charge is 2.61. The van der Waals surface area contributed by atoms with Gasteiger partial charge in [0.2, 0.25) is 11.8 Å². The van der Waals surface area contributed by atoms with Crippen molar-refractivity contribution in [3.63, 3.8) is 0 Å². The summed E-state index contributed by atoms with van der Waals surface area (Å²) in [6, 6.07) is 0.0150. The molecular weight excluding hydrogens is 252 g/mol. The lowest BCUT2D eigenvalue weighted by atomic mass is 9.69. The number of nitrogens with zero attached hydrogens (tertiary/aromatic N) is 1. The fourth-order valence-electron chi connectivity index (χ4n) is 4.80. The van der Waals surface area contributed by atoms with Crippen LogP contribution in [0.5, 0.6) is 0 Å². The van der Waals surface area contributed by atoms with Crippen molar-refractivity contribution in [2.24, 2.45) is 16.7 Å². The van der Waals surface area contributed by atoms with Gasteiger partial charge >= 0.3 is 0 Å². The lowest BCUT2D eigenvalue weighted by Crippen LogP contribution is -2.52. The number of carbonyl (C=O) groups is 2. The second kappa shape index (κ2) is 4.22. The number of likely N-dealkylation sites (N-methyl/N-ethyl adjacent to an activating group) is 1. The van der Waals surface area contributed by atoms with Crippen LogP contribution in [0.2, 0.25) is 0 Å². The summed E-state index contributed by atoms with van der Waals surface area (Å²) in [7, 11) is 1.74. The van der Waals surface area contributed by atoms with Gasteiger partial charge in [-0.25, -0.2) is 0 Å². The van der Waals surface area contributed by atoms with Gasteiger partial charge < -0.3 is 10.2 Å². The number of fused-ring (bicyclic) bond motifs is 2. The van der Waals surface area contributed by atoms with Crippen LogP contribution in [0.15, 0.2) is 0 Å². The lowest BCUT2D eigenvalue weighted by Gasteiger charge is -2.40. The third-order valence-corrected chi connectivity index (χ3v) is 6.91. The van der Waals surface area contributed by atoms with Crippen LogP contribution in [0.3, 0.4) is 0 Å². The van der Waals surface area contributed by atoms with Crippen LogP contribution in [0.25, 0.3) is 0 Å². The van der Waals surface area contributed by atoms with Crippen LogP contribution in [-0.2, 0) is 9.59 Å². The Morgan fingerprint density at radius 2 is 2.00 bits per heavy atom. The molecule has 3 rings (SSSR count). The van der Waals surface area contributed by atoms with Gasteiger partial charge in [-0.3, -0.25) is 9.59 Å². The summed E-state index contributed by atoms with van der Waals surface area (Å²) in [5, 5.41) is 3.27. The first kappa shape index (κ1) is 13.9. The van der Waals surface area contributed by atoms with Gasteiger partial charge in [-0.2, -0.15) is 0 Å². The number of hydrogen-bond donors (Lipinski definition) is 1. The van der Waals surface area contributed by atoms with E-state index in [1.54, 1.807) is 11.9 Å². The number of hydrogen-bond acceptors (Lipinski definition) is 2. The van der Waals surface area contributed by atoms with Crippen LogP contribution in [0.4, 0.5) is 0 Å². The molecule has 112 valence electrons. The van der Waals surface area contributed by atoms with Crippen LogP contribution in [-0.4, -0.2) is 35.8 Å². The molecule has 2 bridgehead atoms. The highest BCUT2D eigenvalue weighted by molar-refractivity contribution is 5.90. The molecule has 1 saturated heterocycles. The minimum absolute atomic E-state index is 0.0490. The molecule has 3 aliphatic rings. The normalized spacial score (nSPS) is 42.3. The Kier molecular flexibility index (Phi) is 2.93. The molecule has 1 aliphatic heterocycles. The van der Waals surface area contributed by atoms with Crippen molar-refractivity contribution in [1.82, 2.24) is 10.2 Å². The van der Waals surface area contributed by atoms with Crippen LogP contribution in [0, 0.1) is 16.7 Å². The quantitative estimate of drug-likeness (QED) is 0.839. The summed E-state index contributed by atoms with van der Waals surface area (Å²) in [5.74, 6) is 0.860. The molecular formula is C16H26N2O2. The van der Waals surface area contributed by atoms with E-state index in [9.17, 15) is 9.59 Å². The summed E-state index contributed by atoms with van der Waals surface area (Å²) in [4.78, 5) is 25.7. The maximum atomic E-state index is 12.5. The molecule has 0 spiro atoms. The summed E-state index contributed by atoms with van der Waals surface area (Å²) < 4.78 is 0. The average molecular weight is 278 g/mol. The van der Waals surface area contributed by atoms with Crippen molar-refractivity contribution in [3.05, 3.63) is 0 Å². The van der Waals surface area contributed by atoms with Gasteiger partial charge in [0.25, 0.3) is 0 Å². The molecule has 4 heteroatoms. The number of rotatable bonds is 2. The third kappa shape index (κ3) is 1.66. The minimum Gasteiger partial charge on any atom is -0.351 e. The predicted octanol–water partition coefficient (Wildman–Crippen LogP) is 1.94. The summed E-state index contributed by atoms with van der Waals surface area (Å²) >= 11 is 0. The molecule has 0 unspecified atom stereocenters. The van der Waals surface area contributed by atoms with Crippen molar-refractivity contribution in [1.29, 1.82) is 0 Å². The van der Waals surface area contributed by atoms with Gasteiger partial charge in [0.1, 0.15) is 6.04 Å². The summed E-state index contributed by atoms with van der Waals surface area (Å²) in [6.07, 6.45) is 4.76. The molecule has 20 heavy (non-hydrogen) atoms. The van der Waals surface area contributed by atoms with Crippen LogP contribution >= 0.6 is 0 Å². The molecule has 4 atom stereocenters. The van der Waals surface area contributed by atoms with Crippen molar-refractivity contribution < 1.29 is 9.59 Å². The topological polar surface area (TPSA) is 49.4 Å². The van der Waals surface area contributed by atoms with Gasteiger partial charge in [-0.15, -0.1) is 0 Å². The molecule has 1 N–H and O–H groups in total. The van der Waals surface area contributed by atoms with Crippen molar-refractivity contribution in [2.75, 3.05) is 7.05 Å². The van der Waals surface area contributed by atoms with Crippen molar-refractivity contribution in [2.45, 2.75) is 65.0 Å². The number of amides is 2. The van der Waals surface area contributed by atoms with Crippen LogP contribution in [0.1, 0.15) is 52.9 Å². The molecule has 0 aromatic rings. The minimum atomic E-state index is -0.256. The van der Waals surface area contributed by atoms with Gasteiger partial charge in [0.15, 0.2) is 0 Å². The third-order valence-electron chi connectivity index (χ3n) is 6.91. The monoisotopic (exact) mass is 278 g/mol. The Bertz CT molecular complexity index is 459. The van der Waals surface area contributed by atoms with Gasteiger partial charge in [0, 0.05) is 19.5 Å². The van der Waals surface area contributed by atoms with E-state index in [1.165, 1.54) is 12.8 Å². The predicted molar refractivity (Wildman–Crippen MR) is 77.0 cm³/mol. The first-order valence-corrected chi connectivity index (χ1v) is 7.83. The first-order valence-electron chi connectivity index (χ1n) is 7.83. The zero-order chi connectivity index (χ0) is 14.7. The van der Waals surface area contributed by atoms with Gasteiger partial charge in [-0.05, 0) is 42.4 Å². The SMILES string of the molecule is CN1C(=O)CC[C@@H]1C(=O)N[C@@H]1C[C@H]2CC[C@@]1(C)C2(C)C. The van der Waals surface area contributed by atoms with E-state index in [0.717, 1.165) is 12.3 Å². The van der Waals surface area contributed by atoms with Gasteiger partial charge in [0.05, 0.1) is 0 Å². The smallest absolute Gasteiger partial charge is 0.243 e. The second-order valence-corrected chi connectivity index (χ2v) is 7.73. The van der Waals surface area contributed by atoms with E-state index in [2.05, 4.69) is 26.1 Å². The zero-order valence-electron chi connectivity index (χ0n) is 13.0. The highest BCUT2D eigenvalue weighted by atomic mass is 16.2. The molecule has 0 aromatic heterocycles. The van der Waals surface area contributed by atoms with E-state index in [0.29, 0.717) is 18.3 Å². The highest BCUT2D eigenvalue weighted by Crippen LogP contribution is 2.65. The molecule has 2 amide bonds. The Hall–Kier alpha value is -1.06. The molecule has 2 saturated carbocycles. The maximum absolute atomic E-state index is 12.5. The largest absolute Gasteiger partial charge is 0.351 e. The average Bonchev–Trinajstić information content (AvgIpc) is 2.88. The zero-order valence-corrected chi connectivity index (χ0v) is 13.0. The molecule has 0 aromatic carbocycles. The van der Waals surface area contributed by atoms with Crippen molar-refractivity contribution in [3.8, 4) is 0 Å². The number of likely N-dealkylation sites (tertiary alicyclic amines) is 1. The van der Waals surface area contributed by atoms with E-state index in [4.69, 9.17) is 0 Å². The van der Waals surface area contributed by atoms with Crippen molar-refractivity contribution >= 4 is 11.8 Å². The summed E-state index contributed by atoms with van der Waals surface area (Å²) in [5.41, 5.74) is 0.511. The fraction of sp³-hybridized carbons (Fsp3) is 0.875.